The predicted molar refractivity (Wildman–Crippen MR) is 316 cm³/mol. The van der Waals surface area contributed by atoms with Crippen LogP contribution in [0.2, 0.25) is 0 Å². The van der Waals surface area contributed by atoms with E-state index >= 15 is 4.79 Å². The van der Waals surface area contributed by atoms with Crippen LogP contribution in [0, 0.1) is 0 Å². The van der Waals surface area contributed by atoms with E-state index in [9.17, 15) is 0 Å². The van der Waals surface area contributed by atoms with Crippen molar-refractivity contribution in [3.05, 3.63) is 193 Å². The number of aromatic amines is 4. The van der Waals surface area contributed by atoms with Gasteiger partial charge in [0.2, 0.25) is 0 Å². The Morgan fingerprint density at radius 2 is 0.427 bits per heavy atom. The van der Waals surface area contributed by atoms with Crippen molar-refractivity contribution < 1.29 is 4.79 Å². The topological polar surface area (TPSA) is 235 Å². The number of benzene rings is 8. The molecule has 18 rings (SSSR count). The Labute approximate surface area is 460 Å². The summed E-state index contributed by atoms with van der Waals surface area (Å²) in [6, 6.07) is 58.7. The number of hydrogen-bond donors (Lipinski definition) is 4. The number of nitrogens with zero attached hydrogens (tertiary/aromatic N) is 12. The average molecular weight is 1060 g/mol. The van der Waals surface area contributed by atoms with Crippen LogP contribution in [-0.4, -0.2) is 85.5 Å². The minimum Gasteiger partial charge on any atom is -0.324 e. The van der Waals surface area contributed by atoms with Crippen LogP contribution in [0.25, 0.3) is 179 Å². The number of carbonyl (C=O) groups is 1. The predicted octanol–water partition coefficient (Wildman–Crippen LogP) is 13.3. The van der Waals surface area contributed by atoms with Gasteiger partial charge in [0.15, 0.2) is 52.4 Å². The Morgan fingerprint density at radius 1 is 0.220 bits per heavy atom. The molecule has 4 aliphatic heterocycles. The van der Waals surface area contributed by atoms with E-state index in [0.717, 1.165) is 66.1 Å². The lowest BCUT2D eigenvalue weighted by molar-refractivity contribution is 0.104. The van der Waals surface area contributed by atoms with Crippen molar-refractivity contribution in [1.29, 1.82) is 0 Å². The molecule has 0 unspecified atom stereocenters. The molecule has 4 aliphatic rings. The monoisotopic (exact) mass is 1050 g/mol. The van der Waals surface area contributed by atoms with Crippen molar-refractivity contribution in [3.63, 3.8) is 0 Å². The fourth-order valence-electron chi connectivity index (χ4n) is 11.9. The second-order valence-corrected chi connectivity index (χ2v) is 20.3. The molecule has 4 N–H and O–H groups in total. The highest BCUT2D eigenvalue weighted by atomic mass is 16.1. The number of hydrogen-bond acceptors (Lipinski definition) is 13. The molecule has 17 nitrogen and oxygen atoms in total. The molecule has 17 heteroatoms. The number of aromatic nitrogens is 16. The highest BCUT2D eigenvalue weighted by molar-refractivity contribution is 6.27. The lowest BCUT2D eigenvalue weighted by atomic mass is 9.96. The van der Waals surface area contributed by atoms with Crippen molar-refractivity contribution >= 4 is 94.1 Å². The number of rotatable bonds is 2. The lowest BCUT2D eigenvalue weighted by Gasteiger charge is -2.06. The summed E-state index contributed by atoms with van der Waals surface area (Å²) in [4.78, 5) is 92.4. The largest absolute Gasteiger partial charge is 0.324 e. The van der Waals surface area contributed by atoms with Crippen LogP contribution in [0.3, 0.4) is 0 Å². The number of H-pyrrole nitrogens is 4. The highest BCUT2D eigenvalue weighted by Gasteiger charge is 2.27. The molecule has 380 valence electrons. The summed E-state index contributed by atoms with van der Waals surface area (Å²) >= 11 is 0. The Kier molecular flexibility index (Phi) is 8.93. The molecule has 0 saturated heterocycles. The zero-order chi connectivity index (χ0) is 53.7. The molecule has 0 saturated carbocycles. The van der Waals surface area contributed by atoms with Crippen LogP contribution in [0.5, 0.6) is 0 Å². The molecule has 0 radical (unpaired) electrons. The van der Waals surface area contributed by atoms with Gasteiger partial charge in [-0.2, -0.15) is 0 Å². The molecule has 0 aliphatic carbocycles. The molecule has 16 bridgehead atoms. The van der Waals surface area contributed by atoms with Crippen molar-refractivity contribution in [3.8, 4) is 91.1 Å². The van der Waals surface area contributed by atoms with Crippen LogP contribution in [-0.2, 0) is 0 Å². The first-order valence-electron chi connectivity index (χ1n) is 26.5. The molecule has 8 aromatic carbocycles. The summed E-state index contributed by atoms with van der Waals surface area (Å²) in [5, 5.41) is 5.85. The van der Waals surface area contributed by atoms with Gasteiger partial charge >= 0.3 is 0 Å². The summed E-state index contributed by atoms with van der Waals surface area (Å²) in [7, 11) is 0. The Bertz CT molecular complexity index is 5240. The maximum atomic E-state index is 16.1. The zero-order valence-electron chi connectivity index (χ0n) is 42.6. The molecular weight excluding hydrogens is 1020 g/mol. The maximum Gasteiger partial charge on any atom is 0.194 e. The minimum atomic E-state index is -0.302. The maximum absolute atomic E-state index is 16.1. The molecule has 0 fully saturated rings. The molecule has 10 heterocycles. The van der Waals surface area contributed by atoms with Gasteiger partial charge in [0.25, 0.3) is 0 Å². The van der Waals surface area contributed by atoms with E-state index in [1.807, 2.05) is 182 Å². The quantitative estimate of drug-likeness (QED) is 0.118. The van der Waals surface area contributed by atoms with Crippen molar-refractivity contribution in [1.82, 2.24) is 79.7 Å². The van der Waals surface area contributed by atoms with Crippen LogP contribution in [0.1, 0.15) is 15.9 Å². The normalized spacial score (nSPS) is 12.2. The van der Waals surface area contributed by atoms with Crippen LogP contribution < -0.4 is 0 Å². The summed E-state index contributed by atoms with van der Waals surface area (Å²) in [6.45, 7) is 0. The lowest BCUT2D eigenvalue weighted by Crippen LogP contribution is -2.03. The first-order valence-corrected chi connectivity index (χ1v) is 26.5. The summed E-state index contributed by atoms with van der Waals surface area (Å²) in [6.07, 6.45) is 0. The third-order valence-electron chi connectivity index (χ3n) is 15.6. The second kappa shape index (κ2) is 16.6. The van der Waals surface area contributed by atoms with Crippen LogP contribution in [0.4, 0.5) is 0 Å². The van der Waals surface area contributed by atoms with E-state index in [2.05, 4.69) is 19.9 Å². The average Bonchev–Trinajstić information content (AvgIpc) is 4.43. The number of carbonyl (C=O) groups excluding carboxylic acids is 1. The molecular formula is C65H34N16O. The third kappa shape index (κ3) is 6.46. The second-order valence-electron chi connectivity index (χ2n) is 20.3. The van der Waals surface area contributed by atoms with E-state index in [4.69, 9.17) is 59.8 Å². The van der Waals surface area contributed by atoms with E-state index in [1.54, 1.807) is 0 Å². The van der Waals surface area contributed by atoms with Crippen molar-refractivity contribution in [2.45, 2.75) is 0 Å². The molecule has 14 aromatic rings. The summed E-state index contributed by atoms with van der Waals surface area (Å²) in [5.41, 5.74) is 11.1. The zero-order valence-corrected chi connectivity index (χ0v) is 42.6. The third-order valence-corrected chi connectivity index (χ3v) is 15.6. The molecule has 82 heavy (non-hydrogen) atoms. The van der Waals surface area contributed by atoms with Crippen molar-refractivity contribution in [2.75, 3.05) is 0 Å². The smallest absolute Gasteiger partial charge is 0.194 e. The van der Waals surface area contributed by atoms with Gasteiger partial charge < -0.3 is 19.9 Å². The Morgan fingerprint density at radius 3 is 0.695 bits per heavy atom. The van der Waals surface area contributed by atoms with Crippen LogP contribution >= 0.6 is 0 Å². The van der Waals surface area contributed by atoms with E-state index < -0.39 is 0 Å². The van der Waals surface area contributed by atoms with Gasteiger partial charge in [-0.1, -0.05) is 182 Å². The van der Waals surface area contributed by atoms with Gasteiger partial charge in [0.1, 0.15) is 45.2 Å². The van der Waals surface area contributed by atoms with Gasteiger partial charge in [0, 0.05) is 98.7 Å². The van der Waals surface area contributed by atoms with Gasteiger partial charge in [-0.15, -0.1) is 0 Å². The van der Waals surface area contributed by atoms with E-state index in [-0.39, 0.29) is 5.78 Å². The first-order chi connectivity index (χ1) is 40.5. The Hall–Kier alpha value is -11.9. The first kappa shape index (κ1) is 44.2. The SMILES string of the molecule is O=C(c1cccc2c3nc4nc(nc5[nH]c(nc6nc(nc([nH]3)c12)-c1ccccc1-6)c1ccccc51)-c1ccccc1-4)c1cccc2c3nc4nc(nc5[nH]c(nc6nc(nc([nH]3)c12)-c1ccccc1-6)c1ccccc51)-c1ccccc1-4. The summed E-state index contributed by atoms with van der Waals surface area (Å²) < 4.78 is 0. The molecule has 0 atom stereocenters. The molecule has 6 aromatic heterocycles. The Balaban J connectivity index is 0.925. The number of ketones is 1. The standard InChI is InChI=1S/C65H34N16O/c82-49(43-27-13-29-45-47(43)64-78-60-41-25-11-9-23-39(41)56(74-60)70-52-33-17-3-1-15-31(33)50(66-52)68-54-35-19-5-7-21-37(35)58(72-54)76-62(45)80-64)44-28-14-30-46-48(44)65-79-61-42-26-12-10-24-40(42)57(75-61)71-53-34-18-4-2-16-32(34)51(67-53)69-55-36-20-6-8-22-38(36)59(73-55)77-63(46)81-65/h1-30H,(H2,66,68,70,72,74,76,78,80)(H2,67,69,71,73,75,77,79,81). The highest BCUT2D eigenvalue weighted by Crippen LogP contribution is 2.41. The fraction of sp³-hybridized carbons (Fsp3) is 0. The van der Waals surface area contributed by atoms with Crippen molar-refractivity contribution in [2.24, 2.45) is 0 Å². The molecule has 0 spiro atoms. The van der Waals surface area contributed by atoms with Gasteiger partial charge in [-0.3, -0.25) is 4.79 Å². The van der Waals surface area contributed by atoms with Crippen LogP contribution in [0.15, 0.2) is 182 Å². The fourth-order valence-corrected chi connectivity index (χ4v) is 11.9. The molecule has 0 amide bonds. The van der Waals surface area contributed by atoms with E-state index in [1.165, 1.54) is 0 Å². The van der Waals surface area contributed by atoms with Gasteiger partial charge in [-0.25, -0.2) is 59.8 Å². The van der Waals surface area contributed by atoms with Gasteiger partial charge in [-0.05, 0) is 0 Å². The number of nitrogens with one attached hydrogen (secondary N) is 4. The summed E-state index contributed by atoms with van der Waals surface area (Å²) in [5.74, 6) is 3.31. The van der Waals surface area contributed by atoms with Gasteiger partial charge in [0.05, 0.1) is 0 Å². The number of fused-ring (bicyclic) bond motifs is 40. The van der Waals surface area contributed by atoms with E-state index in [0.29, 0.717) is 124 Å². The minimum absolute atomic E-state index is 0.302.